The molecule has 5 heteroatoms. The maximum Gasteiger partial charge on any atom is 0.307 e. The molecule has 0 bridgehead atoms. The predicted octanol–water partition coefficient (Wildman–Crippen LogP) is 4.86. The zero-order chi connectivity index (χ0) is 18.5. The van der Waals surface area contributed by atoms with E-state index in [1.807, 2.05) is 6.92 Å². The lowest BCUT2D eigenvalue weighted by molar-refractivity contribution is -0.143. The number of nitrogens with zero attached hydrogens (tertiary/aromatic N) is 2. The first-order valence-corrected chi connectivity index (χ1v) is 13.8. The largest absolute Gasteiger partial charge is 0.466 e. The summed E-state index contributed by atoms with van der Waals surface area (Å²) in [6.45, 7) is 13.9. The van der Waals surface area contributed by atoms with Crippen molar-refractivity contribution >= 4 is 14.2 Å². The molecule has 0 aromatic heterocycles. The fourth-order valence-corrected chi connectivity index (χ4v) is 6.37. The van der Waals surface area contributed by atoms with Gasteiger partial charge in [0, 0.05) is 26.3 Å². The highest BCUT2D eigenvalue weighted by Crippen LogP contribution is 2.23. The van der Waals surface area contributed by atoms with Gasteiger partial charge in [-0.1, -0.05) is 71.4 Å². The predicted molar refractivity (Wildman–Crippen MR) is 109 cm³/mol. The minimum atomic E-state index is -1.29. The zero-order valence-electron chi connectivity index (χ0n) is 17.3. The van der Waals surface area contributed by atoms with Gasteiger partial charge in [0.05, 0.1) is 13.0 Å². The molecule has 1 saturated heterocycles. The van der Waals surface area contributed by atoms with Gasteiger partial charge in [0.2, 0.25) is 0 Å². The molecular weight excluding hydrogens is 328 g/mol. The van der Waals surface area contributed by atoms with E-state index in [1.54, 1.807) is 0 Å². The normalized spacial score (nSPS) is 16.5. The zero-order valence-corrected chi connectivity index (χ0v) is 18.3. The van der Waals surface area contributed by atoms with Crippen LogP contribution in [0.1, 0.15) is 71.6 Å². The number of esters is 1. The molecule has 0 atom stereocenters. The van der Waals surface area contributed by atoms with Gasteiger partial charge in [-0.25, -0.2) is 0 Å². The SMILES string of the molecule is CCCCCCCCCC[Si](C)(C)N1CCN(CCC(=O)OCC)C1. The summed E-state index contributed by atoms with van der Waals surface area (Å²) in [4.78, 5) is 13.9. The number of carbonyl (C=O) groups excluding carboxylic acids is 1. The number of hydrogen-bond donors (Lipinski definition) is 0. The second kappa shape index (κ2) is 12.9. The van der Waals surface area contributed by atoms with E-state index in [-0.39, 0.29) is 5.97 Å². The summed E-state index contributed by atoms with van der Waals surface area (Å²) in [5, 5.41) is 0. The first-order valence-electron chi connectivity index (χ1n) is 10.6. The molecule has 0 amide bonds. The topological polar surface area (TPSA) is 32.8 Å². The van der Waals surface area contributed by atoms with Crippen LogP contribution in [0.15, 0.2) is 0 Å². The molecule has 0 aromatic carbocycles. The van der Waals surface area contributed by atoms with Crippen molar-refractivity contribution in [1.29, 1.82) is 0 Å². The Labute approximate surface area is 157 Å². The van der Waals surface area contributed by atoms with E-state index in [1.165, 1.54) is 64.0 Å². The quantitative estimate of drug-likeness (QED) is 0.248. The third-order valence-corrected chi connectivity index (χ3v) is 9.15. The Bertz CT molecular complexity index is 364. The van der Waals surface area contributed by atoms with Gasteiger partial charge in [-0.15, -0.1) is 0 Å². The van der Waals surface area contributed by atoms with E-state index in [0.717, 1.165) is 19.8 Å². The first kappa shape index (κ1) is 22.6. The average molecular weight is 371 g/mol. The van der Waals surface area contributed by atoms with Crippen molar-refractivity contribution in [3.63, 3.8) is 0 Å². The Morgan fingerprint density at radius 2 is 1.60 bits per heavy atom. The first-order chi connectivity index (χ1) is 12.0. The van der Waals surface area contributed by atoms with Crippen molar-refractivity contribution in [3.8, 4) is 0 Å². The number of rotatable bonds is 14. The van der Waals surface area contributed by atoms with Crippen LogP contribution in [0.25, 0.3) is 0 Å². The highest BCUT2D eigenvalue weighted by molar-refractivity contribution is 6.74. The number of ether oxygens (including phenoxy) is 1. The summed E-state index contributed by atoms with van der Waals surface area (Å²) in [6.07, 6.45) is 11.8. The van der Waals surface area contributed by atoms with E-state index >= 15 is 0 Å². The third kappa shape index (κ3) is 9.76. The Morgan fingerprint density at radius 1 is 0.960 bits per heavy atom. The van der Waals surface area contributed by atoms with Gasteiger partial charge in [0.15, 0.2) is 0 Å². The van der Waals surface area contributed by atoms with Crippen LogP contribution in [-0.4, -0.2) is 56.6 Å². The second-order valence-corrected chi connectivity index (χ2v) is 12.9. The third-order valence-electron chi connectivity index (χ3n) is 5.49. The Balaban J connectivity index is 2.13. The fraction of sp³-hybridized carbons (Fsp3) is 0.950. The van der Waals surface area contributed by atoms with Crippen molar-refractivity contribution in [2.45, 2.75) is 90.8 Å². The van der Waals surface area contributed by atoms with Gasteiger partial charge in [0.25, 0.3) is 0 Å². The molecule has 0 N–H and O–H groups in total. The van der Waals surface area contributed by atoms with Crippen molar-refractivity contribution in [1.82, 2.24) is 9.47 Å². The van der Waals surface area contributed by atoms with Crippen LogP contribution < -0.4 is 0 Å². The smallest absolute Gasteiger partial charge is 0.307 e. The second-order valence-electron chi connectivity index (χ2n) is 8.12. The molecule has 0 aliphatic carbocycles. The van der Waals surface area contributed by atoms with Gasteiger partial charge >= 0.3 is 5.97 Å². The monoisotopic (exact) mass is 370 g/mol. The highest BCUT2D eigenvalue weighted by Gasteiger charge is 2.33. The number of unbranched alkanes of at least 4 members (excludes halogenated alkanes) is 7. The maximum atomic E-state index is 11.5. The molecule has 1 fully saturated rings. The molecule has 1 heterocycles. The van der Waals surface area contributed by atoms with E-state index in [9.17, 15) is 4.79 Å². The average Bonchev–Trinajstić information content (AvgIpc) is 3.06. The van der Waals surface area contributed by atoms with Crippen LogP contribution in [0.3, 0.4) is 0 Å². The van der Waals surface area contributed by atoms with E-state index < -0.39 is 8.24 Å². The molecule has 0 saturated carbocycles. The van der Waals surface area contributed by atoms with Gasteiger partial charge < -0.3 is 9.30 Å². The molecular formula is C20H42N2O2Si. The molecule has 1 aliphatic heterocycles. The van der Waals surface area contributed by atoms with E-state index in [0.29, 0.717) is 13.0 Å². The molecule has 0 unspecified atom stereocenters. The summed E-state index contributed by atoms with van der Waals surface area (Å²) in [5.41, 5.74) is 0. The van der Waals surface area contributed by atoms with Gasteiger partial charge in [-0.2, -0.15) is 0 Å². The van der Waals surface area contributed by atoms with Crippen LogP contribution in [0.2, 0.25) is 19.1 Å². The maximum absolute atomic E-state index is 11.5. The van der Waals surface area contributed by atoms with E-state index in [2.05, 4.69) is 29.5 Å². The van der Waals surface area contributed by atoms with E-state index in [4.69, 9.17) is 4.74 Å². The molecule has 25 heavy (non-hydrogen) atoms. The van der Waals surface area contributed by atoms with Crippen LogP contribution in [0.4, 0.5) is 0 Å². The van der Waals surface area contributed by atoms with Gasteiger partial charge in [-0.05, 0) is 13.0 Å². The number of carbonyl (C=O) groups is 1. The summed E-state index contributed by atoms with van der Waals surface area (Å²) in [6, 6.07) is 1.41. The number of hydrogen-bond acceptors (Lipinski definition) is 4. The van der Waals surface area contributed by atoms with Gasteiger partial charge in [-0.3, -0.25) is 9.69 Å². The summed E-state index contributed by atoms with van der Waals surface area (Å²) >= 11 is 0. The molecule has 1 rings (SSSR count). The lowest BCUT2D eigenvalue weighted by atomic mass is 10.1. The lowest BCUT2D eigenvalue weighted by Gasteiger charge is -2.33. The minimum Gasteiger partial charge on any atom is -0.466 e. The fourth-order valence-electron chi connectivity index (χ4n) is 3.65. The van der Waals surface area contributed by atoms with Gasteiger partial charge in [0.1, 0.15) is 8.24 Å². The van der Waals surface area contributed by atoms with Crippen molar-refractivity contribution in [3.05, 3.63) is 0 Å². The minimum absolute atomic E-state index is 0.0589. The van der Waals surface area contributed by atoms with Crippen molar-refractivity contribution in [2.75, 3.05) is 32.9 Å². The molecule has 148 valence electrons. The van der Waals surface area contributed by atoms with Crippen LogP contribution in [0.5, 0.6) is 0 Å². The van der Waals surface area contributed by atoms with Crippen LogP contribution >= 0.6 is 0 Å². The molecule has 0 aromatic rings. The van der Waals surface area contributed by atoms with Crippen LogP contribution in [-0.2, 0) is 9.53 Å². The van der Waals surface area contributed by atoms with Crippen molar-refractivity contribution in [2.24, 2.45) is 0 Å². The molecule has 0 spiro atoms. The summed E-state index contributed by atoms with van der Waals surface area (Å²) in [5.74, 6) is -0.0589. The molecule has 4 nitrogen and oxygen atoms in total. The van der Waals surface area contributed by atoms with Crippen LogP contribution in [0, 0.1) is 0 Å². The Kier molecular flexibility index (Phi) is 11.7. The molecule has 0 radical (unpaired) electrons. The molecule has 1 aliphatic rings. The summed E-state index contributed by atoms with van der Waals surface area (Å²) in [7, 11) is -1.29. The summed E-state index contributed by atoms with van der Waals surface area (Å²) < 4.78 is 7.75. The highest BCUT2D eigenvalue weighted by atomic mass is 28.3. The Morgan fingerprint density at radius 3 is 2.24 bits per heavy atom. The lowest BCUT2D eigenvalue weighted by Crippen LogP contribution is -2.48. The standard InChI is InChI=1S/C20H42N2O2Si/c1-5-7-8-9-10-11-12-13-18-25(3,4)22-17-16-21(19-22)15-14-20(23)24-6-2/h5-19H2,1-4H3. The Hall–Kier alpha value is -0.393. The van der Waals surface area contributed by atoms with Crippen molar-refractivity contribution < 1.29 is 9.53 Å².